The van der Waals surface area contributed by atoms with E-state index in [0.717, 1.165) is 18.4 Å². The number of carbonyl (C=O) groups is 4. The summed E-state index contributed by atoms with van der Waals surface area (Å²) >= 11 is 6.54. The monoisotopic (exact) mass is 685 g/mol. The molecule has 10 nitrogen and oxygen atoms in total. The summed E-state index contributed by atoms with van der Waals surface area (Å²) < 4.78 is 17.4. The number of nitrogens with one attached hydrogen (secondary N) is 2. The Morgan fingerprint density at radius 1 is 0.896 bits per heavy atom. The van der Waals surface area contributed by atoms with Crippen LogP contribution in [0, 0.1) is 0 Å². The van der Waals surface area contributed by atoms with Crippen LogP contribution in [-0.4, -0.2) is 52.2 Å². The zero-order valence-corrected chi connectivity index (χ0v) is 31.2. The maximum atomic E-state index is 13.5. The number of hydrogen-bond donors (Lipinski definition) is 2. The third-order valence-corrected chi connectivity index (χ3v) is 9.19. The van der Waals surface area contributed by atoms with Gasteiger partial charge in [-0.1, -0.05) is 72.2 Å². The number of benzene rings is 2. The van der Waals surface area contributed by atoms with Crippen LogP contribution in [0.25, 0.3) is 0 Å². The van der Waals surface area contributed by atoms with E-state index in [0.29, 0.717) is 22.8 Å². The van der Waals surface area contributed by atoms with Gasteiger partial charge in [-0.05, 0) is 94.5 Å². The highest BCUT2D eigenvalue weighted by Gasteiger charge is 2.53. The van der Waals surface area contributed by atoms with Crippen molar-refractivity contribution in [2.75, 3.05) is 10.6 Å². The summed E-state index contributed by atoms with van der Waals surface area (Å²) in [5.41, 5.74) is 0.336. The number of halogens is 1. The van der Waals surface area contributed by atoms with Crippen molar-refractivity contribution in [1.82, 2.24) is 4.90 Å². The van der Waals surface area contributed by atoms with Gasteiger partial charge in [0.1, 0.15) is 5.75 Å². The maximum absolute atomic E-state index is 13.5. The SMILES string of the molecule is CCC(Oc1ccc(C(C)(C)CC)cc1C(C)(C)CC)C(=O)Nc1ccc(NC(=O)C(OC(C)(C)C)N2C(=O)OC(C)(C)C2=O)c(Cl)c1. The molecule has 0 spiro atoms. The van der Waals surface area contributed by atoms with Gasteiger partial charge in [-0.25, -0.2) is 9.69 Å². The van der Waals surface area contributed by atoms with E-state index in [-0.39, 0.29) is 27.4 Å². The van der Waals surface area contributed by atoms with Crippen LogP contribution < -0.4 is 15.4 Å². The van der Waals surface area contributed by atoms with Crippen LogP contribution in [0.2, 0.25) is 5.02 Å². The minimum absolute atomic E-state index is 0.00156. The van der Waals surface area contributed by atoms with Gasteiger partial charge in [-0.3, -0.25) is 14.4 Å². The third kappa shape index (κ3) is 8.88. The summed E-state index contributed by atoms with van der Waals surface area (Å²) in [6, 6.07) is 10.8. The molecular weight excluding hydrogens is 634 g/mol. The van der Waals surface area contributed by atoms with Crippen molar-refractivity contribution in [3.63, 3.8) is 0 Å². The normalized spacial score (nSPS) is 16.3. The molecule has 1 aliphatic rings. The molecule has 2 N–H and O–H groups in total. The minimum Gasteiger partial charge on any atom is -0.480 e. The van der Waals surface area contributed by atoms with Gasteiger partial charge in [0.05, 0.1) is 16.3 Å². The average molecular weight is 686 g/mol. The first-order chi connectivity index (χ1) is 22.1. The van der Waals surface area contributed by atoms with E-state index < -0.39 is 41.4 Å². The Bertz CT molecular complexity index is 1540. The minimum atomic E-state index is -1.62. The Morgan fingerprint density at radius 3 is 2.02 bits per heavy atom. The third-order valence-electron chi connectivity index (χ3n) is 8.88. The van der Waals surface area contributed by atoms with Crippen molar-refractivity contribution < 1.29 is 33.4 Å². The van der Waals surface area contributed by atoms with Gasteiger partial charge in [0.25, 0.3) is 17.7 Å². The lowest BCUT2D eigenvalue weighted by molar-refractivity contribution is -0.163. The van der Waals surface area contributed by atoms with Crippen LogP contribution >= 0.6 is 11.6 Å². The molecule has 1 fully saturated rings. The van der Waals surface area contributed by atoms with Crippen LogP contribution in [-0.2, 0) is 34.7 Å². The molecule has 3 rings (SSSR count). The maximum Gasteiger partial charge on any atom is 0.420 e. The van der Waals surface area contributed by atoms with Crippen LogP contribution in [0.1, 0.15) is 113 Å². The van der Waals surface area contributed by atoms with Crippen molar-refractivity contribution in [2.24, 2.45) is 0 Å². The van der Waals surface area contributed by atoms with E-state index in [4.69, 9.17) is 25.8 Å². The predicted octanol–water partition coefficient (Wildman–Crippen LogP) is 8.35. The van der Waals surface area contributed by atoms with Crippen LogP contribution in [0.15, 0.2) is 36.4 Å². The smallest absolute Gasteiger partial charge is 0.420 e. The van der Waals surface area contributed by atoms with Gasteiger partial charge < -0.3 is 24.8 Å². The predicted molar refractivity (Wildman–Crippen MR) is 189 cm³/mol. The number of imide groups is 1. The Morgan fingerprint density at radius 2 is 1.52 bits per heavy atom. The molecule has 0 radical (unpaired) electrons. The van der Waals surface area contributed by atoms with E-state index in [1.807, 2.05) is 13.0 Å². The van der Waals surface area contributed by atoms with Crippen molar-refractivity contribution in [3.8, 4) is 5.75 Å². The topological polar surface area (TPSA) is 123 Å². The molecule has 0 aromatic heterocycles. The first-order valence-corrected chi connectivity index (χ1v) is 16.9. The van der Waals surface area contributed by atoms with E-state index in [2.05, 4.69) is 64.3 Å². The average Bonchev–Trinajstić information content (AvgIpc) is 3.20. The second-order valence-corrected chi connectivity index (χ2v) is 15.4. The zero-order chi connectivity index (χ0) is 36.4. The number of nitrogens with zero attached hydrogens (tertiary/aromatic N) is 1. The molecule has 264 valence electrons. The van der Waals surface area contributed by atoms with Gasteiger partial charge in [0.15, 0.2) is 11.7 Å². The van der Waals surface area contributed by atoms with Crippen molar-refractivity contribution >= 4 is 46.8 Å². The lowest BCUT2D eigenvalue weighted by Crippen LogP contribution is -2.52. The van der Waals surface area contributed by atoms with Crippen LogP contribution in [0.5, 0.6) is 5.75 Å². The molecule has 48 heavy (non-hydrogen) atoms. The summed E-state index contributed by atoms with van der Waals surface area (Å²) in [6.45, 7) is 22.9. The molecule has 1 aliphatic heterocycles. The number of rotatable bonds is 13. The van der Waals surface area contributed by atoms with Crippen LogP contribution in [0.4, 0.5) is 16.2 Å². The fourth-order valence-electron chi connectivity index (χ4n) is 5.01. The number of anilines is 2. The van der Waals surface area contributed by atoms with Crippen molar-refractivity contribution in [3.05, 3.63) is 52.5 Å². The molecule has 0 aliphatic carbocycles. The quantitative estimate of drug-likeness (QED) is 0.217. The Hall–Kier alpha value is -3.63. The second-order valence-electron chi connectivity index (χ2n) is 15.0. The molecule has 2 unspecified atom stereocenters. The molecule has 2 aromatic rings. The molecule has 4 amide bonds. The lowest BCUT2D eigenvalue weighted by Gasteiger charge is -2.31. The largest absolute Gasteiger partial charge is 0.480 e. The number of carbonyl (C=O) groups excluding carboxylic acids is 4. The van der Waals surface area contributed by atoms with E-state index in [1.54, 1.807) is 26.8 Å². The summed E-state index contributed by atoms with van der Waals surface area (Å²) in [4.78, 5) is 53.1. The molecule has 2 aromatic carbocycles. The molecule has 11 heteroatoms. The molecule has 0 saturated carbocycles. The van der Waals surface area contributed by atoms with Gasteiger partial charge in [-0.15, -0.1) is 0 Å². The van der Waals surface area contributed by atoms with Gasteiger partial charge >= 0.3 is 6.09 Å². The van der Waals surface area contributed by atoms with Gasteiger partial charge in [0, 0.05) is 11.3 Å². The summed E-state index contributed by atoms with van der Waals surface area (Å²) in [6.07, 6.45) is -1.08. The van der Waals surface area contributed by atoms with E-state index >= 15 is 0 Å². The summed E-state index contributed by atoms with van der Waals surface area (Å²) in [5.74, 6) is -1.19. The standard InChI is InChI=1S/C37H52ClN3O7/c1-13-27(46-28-19-16-22(35(7,8)14-2)20-24(28)36(9,10)15-3)29(42)39-23-17-18-26(25(38)21-23)40-30(43)31(47-34(4,5)6)41-32(44)37(11,12)48-33(41)45/h16-21,27,31H,13-15H2,1-12H3,(H,39,42)(H,40,43). The fraction of sp³-hybridized carbons (Fsp3) is 0.568. The summed E-state index contributed by atoms with van der Waals surface area (Å²) in [7, 11) is 0. The number of ether oxygens (including phenoxy) is 3. The van der Waals surface area contributed by atoms with Crippen molar-refractivity contribution in [2.45, 2.75) is 137 Å². The summed E-state index contributed by atoms with van der Waals surface area (Å²) in [5, 5.41) is 5.62. The number of amides is 4. The van der Waals surface area contributed by atoms with Crippen molar-refractivity contribution in [1.29, 1.82) is 0 Å². The zero-order valence-electron chi connectivity index (χ0n) is 30.4. The highest BCUT2D eigenvalue weighted by Crippen LogP contribution is 2.39. The number of cyclic esters (lactones) is 1. The molecule has 1 heterocycles. The Labute approximate surface area is 290 Å². The number of hydrogen-bond acceptors (Lipinski definition) is 7. The molecule has 1 saturated heterocycles. The Balaban J connectivity index is 1.81. The molecule has 0 bridgehead atoms. The van der Waals surface area contributed by atoms with Gasteiger partial charge in [0.2, 0.25) is 6.23 Å². The molecular formula is C37H52ClN3O7. The van der Waals surface area contributed by atoms with E-state index in [1.165, 1.54) is 31.5 Å². The van der Waals surface area contributed by atoms with E-state index in [9.17, 15) is 19.2 Å². The first kappa shape index (κ1) is 38.8. The fourth-order valence-corrected chi connectivity index (χ4v) is 5.24. The first-order valence-electron chi connectivity index (χ1n) is 16.5. The Kier molecular flexibility index (Phi) is 11.7. The van der Waals surface area contributed by atoms with Gasteiger partial charge in [-0.2, -0.15) is 0 Å². The highest BCUT2D eigenvalue weighted by molar-refractivity contribution is 6.34. The lowest BCUT2D eigenvalue weighted by atomic mass is 9.76. The van der Waals surface area contributed by atoms with Crippen LogP contribution in [0.3, 0.4) is 0 Å². The molecule has 2 atom stereocenters. The second kappa shape index (κ2) is 14.5. The highest BCUT2D eigenvalue weighted by atomic mass is 35.5.